The van der Waals surface area contributed by atoms with E-state index in [9.17, 15) is 0 Å². The molecule has 3 N–H and O–H groups in total. The SMILES string of the molecule is CN(c1ccc(C(N)=NO)cc1)c1nc(C(C)(C)C)ns1. The predicted molar refractivity (Wildman–Crippen MR) is 85.6 cm³/mol. The van der Waals surface area contributed by atoms with Gasteiger partial charge in [-0.15, -0.1) is 0 Å². The number of anilines is 2. The third kappa shape index (κ3) is 3.30. The van der Waals surface area contributed by atoms with Crippen molar-refractivity contribution in [2.45, 2.75) is 26.2 Å². The van der Waals surface area contributed by atoms with Gasteiger partial charge in [-0.1, -0.05) is 25.9 Å². The summed E-state index contributed by atoms with van der Waals surface area (Å²) in [4.78, 5) is 6.54. The molecule has 1 aromatic heterocycles. The number of rotatable bonds is 3. The van der Waals surface area contributed by atoms with Gasteiger partial charge in [-0.3, -0.25) is 0 Å². The van der Waals surface area contributed by atoms with Gasteiger partial charge in [0.15, 0.2) is 5.84 Å². The molecule has 0 radical (unpaired) electrons. The summed E-state index contributed by atoms with van der Waals surface area (Å²) in [6.45, 7) is 6.26. The lowest BCUT2D eigenvalue weighted by Crippen LogP contribution is -2.15. The average molecular weight is 305 g/mol. The van der Waals surface area contributed by atoms with E-state index in [-0.39, 0.29) is 11.3 Å². The van der Waals surface area contributed by atoms with E-state index >= 15 is 0 Å². The average Bonchev–Trinajstić information content (AvgIpc) is 2.95. The quantitative estimate of drug-likeness (QED) is 0.394. The highest BCUT2D eigenvalue weighted by Crippen LogP contribution is 2.29. The molecule has 0 fully saturated rings. The second kappa shape index (κ2) is 5.69. The molecular weight excluding hydrogens is 286 g/mol. The molecule has 6 nitrogen and oxygen atoms in total. The molecular formula is C14H19N5OS. The van der Waals surface area contributed by atoms with Crippen molar-refractivity contribution in [2.75, 3.05) is 11.9 Å². The lowest BCUT2D eigenvalue weighted by atomic mass is 9.96. The number of nitrogens with zero attached hydrogens (tertiary/aromatic N) is 4. The number of hydrogen-bond acceptors (Lipinski definition) is 6. The molecule has 0 bridgehead atoms. The molecule has 0 spiro atoms. The minimum atomic E-state index is -0.0640. The molecule has 0 amide bonds. The van der Waals surface area contributed by atoms with E-state index in [1.165, 1.54) is 11.5 Å². The summed E-state index contributed by atoms with van der Waals surface area (Å²) in [5.41, 5.74) is 7.11. The van der Waals surface area contributed by atoms with Crippen molar-refractivity contribution in [2.24, 2.45) is 10.9 Å². The molecule has 0 aliphatic heterocycles. The zero-order valence-corrected chi connectivity index (χ0v) is 13.3. The van der Waals surface area contributed by atoms with Crippen LogP contribution in [0.2, 0.25) is 0 Å². The van der Waals surface area contributed by atoms with Gasteiger partial charge in [0.1, 0.15) is 5.82 Å². The Hall–Kier alpha value is -2.15. The van der Waals surface area contributed by atoms with Gasteiger partial charge in [-0.2, -0.15) is 4.37 Å². The lowest BCUT2D eigenvalue weighted by molar-refractivity contribution is 0.318. The first-order valence-corrected chi connectivity index (χ1v) is 7.26. The van der Waals surface area contributed by atoms with Gasteiger partial charge in [0.05, 0.1) is 0 Å². The molecule has 21 heavy (non-hydrogen) atoms. The molecule has 2 rings (SSSR count). The Labute approximate surface area is 128 Å². The van der Waals surface area contributed by atoms with Crippen LogP contribution in [0, 0.1) is 0 Å². The fraction of sp³-hybridized carbons (Fsp3) is 0.357. The van der Waals surface area contributed by atoms with E-state index in [1.54, 1.807) is 12.1 Å². The van der Waals surface area contributed by atoms with Crippen LogP contribution >= 0.6 is 11.5 Å². The van der Waals surface area contributed by atoms with E-state index in [0.717, 1.165) is 16.6 Å². The van der Waals surface area contributed by atoms with Crippen molar-refractivity contribution in [3.05, 3.63) is 35.7 Å². The van der Waals surface area contributed by atoms with Gasteiger partial charge in [0, 0.05) is 35.2 Å². The first-order valence-electron chi connectivity index (χ1n) is 6.49. The maximum Gasteiger partial charge on any atom is 0.209 e. The Morgan fingerprint density at radius 3 is 2.38 bits per heavy atom. The zero-order valence-electron chi connectivity index (χ0n) is 12.5. The molecule has 0 saturated carbocycles. The molecule has 7 heteroatoms. The smallest absolute Gasteiger partial charge is 0.209 e. The highest BCUT2D eigenvalue weighted by molar-refractivity contribution is 7.09. The van der Waals surface area contributed by atoms with Crippen LogP contribution in [0.1, 0.15) is 32.2 Å². The van der Waals surface area contributed by atoms with Gasteiger partial charge in [-0.25, -0.2) is 4.98 Å². The van der Waals surface area contributed by atoms with Crippen molar-refractivity contribution in [3.8, 4) is 0 Å². The van der Waals surface area contributed by atoms with Gasteiger partial charge < -0.3 is 15.8 Å². The maximum atomic E-state index is 8.66. The van der Waals surface area contributed by atoms with Crippen LogP contribution in [0.5, 0.6) is 0 Å². The summed E-state index contributed by atoms with van der Waals surface area (Å²) < 4.78 is 4.41. The molecule has 0 aliphatic carbocycles. The van der Waals surface area contributed by atoms with E-state index in [0.29, 0.717) is 5.56 Å². The van der Waals surface area contributed by atoms with E-state index in [1.807, 2.05) is 24.1 Å². The van der Waals surface area contributed by atoms with Gasteiger partial charge in [0.2, 0.25) is 5.13 Å². The number of oxime groups is 1. The van der Waals surface area contributed by atoms with Crippen molar-refractivity contribution in [1.29, 1.82) is 0 Å². The minimum Gasteiger partial charge on any atom is -0.409 e. The van der Waals surface area contributed by atoms with Gasteiger partial charge in [0.25, 0.3) is 0 Å². The summed E-state index contributed by atoms with van der Waals surface area (Å²) >= 11 is 1.37. The Kier molecular flexibility index (Phi) is 4.13. The standard InChI is InChI=1S/C14H19N5OS/c1-14(2,3)12-16-13(21-18-12)19(4)10-7-5-9(6-8-10)11(15)17-20/h5-8,20H,1-4H3,(H2,15,17). The van der Waals surface area contributed by atoms with Crippen molar-refractivity contribution in [1.82, 2.24) is 9.36 Å². The molecule has 0 unspecified atom stereocenters. The van der Waals surface area contributed by atoms with Crippen LogP contribution in [0.15, 0.2) is 29.4 Å². The van der Waals surface area contributed by atoms with Crippen LogP contribution in [-0.4, -0.2) is 27.4 Å². The number of benzene rings is 1. The fourth-order valence-corrected chi connectivity index (χ4v) is 2.52. The summed E-state index contributed by atoms with van der Waals surface area (Å²) in [6, 6.07) is 7.39. The lowest BCUT2D eigenvalue weighted by Gasteiger charge is -2.16. The molecule has 112 valence electrons. The zero-order chi connectivity index (χ0) is 15.6. The summed E-state index contributed by atoms with van der Waals surface area (Å²) in [5, 5.41) is 12.5. The van der Waals surface area contributed by atoms with Crippen LogP contribution < -0.4 is 10.6 Å². The summed E-state index contributed by atoms with van der Waals surface area (Å²) in [6.07, 6.45) is 0. The largest absolute Gasteiger partial charge is 0.409 e. The van der Waals surface area contributed by atoms with Crippen LogP contribution in [0.3, 0.4) is 0 Å². The number of nitrogens with two attached hydrogens (primary N) is 1. The Balaban J connectivity index is 2.24. The summed E-state index contributed by atoms with van der Waals surface area (Å²) in [7, 11) is 1.94. The van der Waals surface area contributed by atoms with E-state index in [4.69, 9.17) is 10.9 Å². The summed E-state index contributed by atoms with van der Waals surface area (Å²) in [5.74, 6) is 0.928. The predicted octanol–water partition coefficient (Wildman–Crippen LogP) is 2.70. The first-order chi connectivity index (χ1) is 9.82. The maximum absolute atomic E-state index is 8.66. The Morgan fingerprint density at radius 1 is 1.29 bits per heavy atom. The molecule has 0 atom stereocenters. The molecule has 1 aromatic carbocycles. The first kappa shape index (κ1) is 15.2. The topological polar surface area (TPSA) is 87.6 Å². The minimum absolute atomic E-state index is 0.0640. The van der Waals surface area contributed by atoms with E-state index in [2.05, 4.69) is 35.3 Å². The number of amidine groups is 1. The van der Waals surface area contributed by atoms with Crippen LogP contribution in [0.4, 0.5) is 10.8 Å². The van der Waals surface area contributed by atoms with Gasteiger partial charge in [-0.05, 0) is 24.3 Å². The third-order valence-corrected chi connectivity index (χ3v) is 3.82. The molecule has 1 heterocycles. The fourth-order valence-electron chi connectivity index (χ4n) is 1.68. The highest BCUT2D eigenvalue weighted by atomic mass is 32.1. The number of hydrogen-bond donors (Lipinski definition) is 2. The van der Waals surface area contributed by atoms with Crippen LogP contribution in [0.25, 0.3) is 0 Å². The monoisotopic (exact) mass is 305 g/mol. The Morgan fingerprint density at radius 2 is 1.90 bits per heavy atom. The molecule has 0 aliphatic rings. The van der Waals surface area contributed by atoms with E-state index < -0.39 is 0 Å². The van der Waals surface area contributed by atoms with Crippen molar-refractivity contribution < 1.29 is 5.21 Å². The van der Waals surface area contributed by atoms with Gasteiger partial charge >= 0.3 is 0 Å². The van der Waals surface area contributed by atoms with Crippen LogP contribution in [-0.2, 0) is 5.41 Å². The van der Waals surface area contributed by atoms with Crippen molar-refractivity contribution >= 4 is 28.2 Å². The molecule has 2 aromatic rings. The molecule has 0 saturated heterocycles. The normalized spacial score (nSPS) is 12.5. The highest BCUT2D eigenvalue weighted by Gasteiger charge is 2.21. The van der Waals surface area contributed by atoms with Crippen molar-refractivity contribution in [3.63, 3.8) is 0 Å². The third-order valence-electron chi connectivity index (χ3n) is 3.03. The Bertz CT molecular complexity index is 642. The number of aromatic nitrogens is 2. The second-order valence-electron chi connectivity index (χ2n) is 5.74. The second-order valence-corrected chi connectivity index (χ2v) is 6.47.